The van der Waals surface area contributed by atoms with Gasteiger partial charge in [0.15, 0.2) is 0 Å². The molecule has 28 heavy (non-hydrogen) atoms. The zero-order chi connectivity index (χ0) is 19.4. The lowest BCUT2D eigenvalue weighted by Gasteiger charge is -2.17. The van der Waals surface area contributed by atoms with Crippen molar-refractivity contribution in [2.75, 3.05) is 0 Å². The maximum absolute atomic E-state index is 14.8. The molecular formula is C21H15F2N3O2. The Hall–Kier alpha value is -3.48. The number of halogens is 2. The summed E-state index contributed by atoms with van der Waals surface area (Å²) in [6.07, 6.45) is 3.29. The molecule has 1 aliphatic rings. The van der Waals surface area contributed by atoms with Gasteiger partial charge in [-0.1, -0.05) is 18.2 Å². The molecule has 0 saturated heterocycles. The van der Waals surface area contributed by atoms with Gasteiger partial charge in [0.25, 0.3) is 5.91 Å². The Bertz CT molecular complexity index is 1220. The highest BCUT2D eigenvalue weighted by Gasteiger charge is 2.31. The maximum Gasteiger partial charge on any atom is 0.258 e. The first kappa shape index (κ1) is 16.7. The van der Waals surface area contributed by atoms with Crippen molar-refractivity contribution in [1.29, 1.82) is 0 Å². The molecule has 5 nitrogen and oxygen atoms in total. The van der Waals surface area contributed by atoms with Gasteiger partial charge in [0.05, 0.1) is 24.9 Å². The van der Waals surface area contributed by atoms with Crippen LogP contribution in [0.5, 0.6) is 0 Å². The minimum atomic E-state index is -0.695. The molecule has 1 aliphatic heterocycles. The highest BCUT2D eigenvalue weighted by atomic mass is 19.1. The van der Waals surface area contributed by atoms with Crippen LogP contribution in [0, 0.1) is 11.6 Å². The Morgan fingerprint density at radius 2 is 1.93 bits per heavy atom. The first-order valence-corrected chi connectivity index (χ1v) is 8.77. The number of carbonyl (C=O) groups excluding carboxylic acids is 1. The van der Waals surface area contributed by atoms with Crippen molar-refractivity contribution in [3.05, 3.63) is 77.4 Å². The normalized spacial score (nSPS) is 13.5. The average molecular weight is 379 g/mol. The van der Waals surface area contributed by atoms with Gasteiger partial charge in [0.1, 0.15) is 22.9 Å². The van der Waals surface area contributed by atoms with Crippen LogP contribution < -0.4 is 0 Å². The molecule has 5 rings (SSSR count). The van der Waals surface area contributed by atoms with Crippen LogP contribution in [0.3, 0.4) is 0 Å². The van der Waals surface area contributed by atoms with Gasteiger partial charge in [-0.3, -0.25) is 9.48 Å². The number of hydrogen-bond donors (Lipinski definition) is 0. The van der Waals surface area contributed by atoms with Crippen LogP contribution in [0.15, 0.2) is 53.3 Å². The molecule has 140 valence electrons. The van der Waals surface area contributed by atoms with Crippen molar-refractivity contribution in [3.63, 3.8) is 0 Å². The first-order chi connectivity index (χ1) is 13.5. The highest BCUT2D eigenvalue weighted by molar-refractivity contribution is 5.97. The van der Waals surface area contributed by atoms with Crippen LogP contribution in [0.4, 0.5) is 8.78 Å². The second kappa shape index (κ2) is 6.02. The summed E-state index contributed by atoms with van der Waals surface area (Å²) in [4.78, 5) is 13.7. The van der Waals surface area contributed by atoms with E-state index in [1.165, 1.54) is 23.3 Å². The fourth-order valence-electron chi connectivity index (χ4n) is 3.70. The van der Waals surface area contributed by atoms with Gasteiger partial charge in [-0.15, -0.1) is 0 Å². The van der Waals surface area contributed by atoms with E-state index in [-0.39, 0.29) is 24.6 Å². The Kier molecular flexibility index (Phi) is 3.58. The molecule has 0 bridgehead atoms. The van der Waals surface area contributed by atoms with Crippen LogP contribution in [0.2, 0.25) is 0 Å². The van der Waals surface area contributed by atoms with Gasteiger partial charge in [-0.25, -0.2) is 8.78 Å². The Morgan fingerprint density at radius 3 is 2.68 bits per heavy atom. The smallest absolute Gasteiger partial charge is 0.258 e. The molecular weight excluding hydrogens is 364 g/mol. The van der Waals surface area contributed by atoms with Gasteiger partial charge in [0.2, 0.25) is 0 Å². The second-order valence-electron chi connectivity index (χ2n) is 6.88. The zero-order valence-electron chi connectivity index (χ0n) is 14.9. The molecule has 0 atom stereocenters. The predicted molar refractivity (Wildman–Crippen MR) is 98.4 cm³/mol. The van der Waals surface area contributed by atoms with E-state index in [4.69, 9.17) is 4.42 Å². The van der Waals surface area contributed by atoms with E-state index in [1.807, 2.05) is 18.3 Å². The van der Waals surface area contributed by atoms with Crippen LogP contribution in [0.25, 0.3) is 22.0 Å². The topological polar surface area (TPSA) is 51.3 Å². The zero-order valence-corrected chi connectivity index (χ0v) is 14.9. The summed E-state index contributed by atoms with van der Waals surface area (Å²) in [5.74, 6) is -1.16. The first-order valence-electron chi connectivity index (χ1n) is 8.77. The number of furan rings is 1. The number of aromatic nitrogens is 2. The van der Waals surface area contributed by atoms with Crippen LogP contribution in [-0.2, 0) is 20.1 Å². The summed E-state index contributed by atoms with van der Waals surface area (Å²) in [6, 6.07) is 9.66. The molecule has 7 heteroatoms. The summed E-state index contributed by atoms with van der Waals surface area (Å²) in [7, 11) is 1.80. The summed E-state index contributed by atoms with van der Waals surface area (Å²) in [6.45, 7) is 0.0454. The van der Waals surface area contributed by atoms with Crippen molar-refractivity contribution in [2.45, 2.75) is 13.1 Å². The Labute approximate surface area is 158 Å². The number of carbonyl (C=O) groups is 1. The molecule has 0 radical (unpaired) electrons. The third-order valence-electron chi connectivity index (χ3n) is 5.05. The van der Waals surface area contributed by atoms with Gasteiger partial charge in [-0.2, -0.15) is 5.10 Å². The lowest BCUT2D eigenvalue weighted by atomic mass is 10.0. The number of aryl methyl sites for hydroxylation is 1. The molecule has 4 aromatic rings. The Balaban J connectivity index is 1.51. The number of hydrogen-bond acceptors (Lipinski definition) is 3. The molecule has 0 unspecified atom stereocenters. The molecule has 1 amide bonds. The fraction of sp³-hybridized carbons (Fsp3) is 0.143. The summed E-state index contributed by atoms with van der Waals surface area (Å²) < 4.78 is 36.5. The average Bonchev–Trinajstić information content (AvgIpc) is 3.33. The van der Waals surface area contributed by atoms with Crippen LogP contribution in [-0.4, -0.2) is 20.6 Å². The Morgan fingerprint density at radius 1 is 1.14 bits per heavy atom. The third-order valence-corrected chi connectivity index (χ3v) is 5.05. The maximum atomic E-state index is 14.8. The van der Waals surface area contributed by atoms with E-state index in [2.05, 4.69) is 5.10 Å². The third kappa shape index (κ3) is 2.51. The molecule has 2 aromatic heterocycles. The van der Waals surface area contributed by atoms with Crippen LogP contribution in [0.1, 0.15) is 21.7 Å². The quantitative estimate of drug-likeness (QED) is 0.534. The number of amides is 1. The minimum absolute atomic E-state index is 0.143. The number of nitrogens with zero attached hydrogens (tertiary/aromatic N) is 3. The molecule has 3 heterocycles. The number of benzene rings is 2. The van der Waals surface area contributed by atoms with E-state index < -0.39 is 11.6 Å². The van der Waals surface area contributed by atoms with Crippen molar-refractivity contribution in [3.8, 4) is 11.1 Å². The van der Waals surface area contributed by atoms with Crippen molar-refractivity contribution in [2.24, 2.45) is 7.05 Å². The van der Waals surface area contributed by atoms with E-state index in [0.29, 0.717) is 28.0 Å². The summed E-state index contributed by atoms with van der Waals surface area (Å²) in [5.41, 5.74) is 2.03. The lowest BCUT2D eigenvalue weighted by Crippen LogP contribution is -2.24. The van der Waals surface area contributed by atoms with Gasteiger partial charge >= 0.3 is 0 Å². The van der Waals surface area contributed by atoms with Crippen molar-refractivity contribution < 1.29 is 18.0 Å². The largest absolute Gasteiger partial charge is 0.467 e. The summed E-state index contributed by atoms with van der Waals surface area (Å²) >= 11 is 0. The van der Waals surface area contributed by atoms with E-state index in [0.717, 1.165) is 5.39 Å². The van der Waals surface area contributed by atoms with Gasteiger partial charge < -0.3 is 9.32 Å². The standard InChI is InChI=1S/C21H15F2N3O2/c1-25-9-12-3-2-4-14(20(12)24-25)13-7-17(22)16(18(23)8-13)10-26-11-19-15(21(26)27)5-6-28-19/h2-9H,10-11H2,1H3. The van der Waals surface area contributed by atoms with Gasteiger partial charge in [-0.05, 0) is 23.8 Å². The molecule has 0 aliphatic carbocycles. The lowest BCUT2D eigenvalue weighted by molar-refractivity contribution is 0.0759. The van der Waals surface area contributed by atoms with Crippen molar-refractivity contribution in [1.82, 2.24) is 14.7 Å². The van der Waals surface area contributed by atoms with E-state index >= 15 is 0 Å². The minimum Gasteiger partial charge on any atom is -0.467 e. The second-order valence-corrected chi connectivity index (χ2v) is 6.88. The van der Waals surface area contributed by atoms with Gasteiger partial charge in [0, 0.05) is 29.8 Å². The molecule has 0 N–H and O–H groups in total. The van der Waals surface area contributed by atoms with E-state index in [1.54, 1.807) is 23.9 Å². The molecule has 2 aromatic carbocycles. The molecule has 0 saturated carbocycles. The van der Waals surface area contributed by atoms with Crippen LogP contribution >= 0.6 is 0 Å². The SMILES string of the molecule is Cn1cc2cccc(-c3cc(F)c(CN4Cc5occc5C4=O)c(F)c3)c2n1. The fourth-order valence-corrected chi connectivity index (χ4v) is 3.70. The number of rotatable bonds is 3. The summed E-state index contributed by atoms with van der Waals surface area (Å²) in [5, 5.41) is 5.28. The number of fused-ring (bicyclic) bond motifs is 2. The predicted octanol–water partition coefficient (Wildman–Crippen LogP) is 4.27. The monoisotopic (exact) mass is 379 g/mol. The van der Waals surface area contributed by atoms with E-state index in [9.17, 15) is 13.6 Å². The molecule has 0 spiro atoms. The van der Waals surface area contributed by atoms with Crippen molar-refractivity contribution >= 4 is 16.8 Å². The molecule has 0 fully saturated rings. The highest BCUT2D eigenvalue weighted by Crippen LogP contribution is 2.32.